The van der Waals surface area contributed by atoms with E-state index in [9.17, 15) is 26.8 Å². The lowest BCUT2D eigenvalue weighted by Crippen LogP contribution is -2.62. The molecule has 6 unspecified atom stereocenters. The van der Waals surface area contributed by atoms with Crippen LogP contribution in [0.25, 0.3) is 0 Å². The standard InChI is InChI=1S/C18H20F2O8S3/c19-18(20,31(23,24)25)15(22)28-16-3-7-1-8(4-16)17(9(2-7)5-16)29-12-11-10(6-26-13(11)21)27-14(12)30-17/h7-12,14H,1-6H2,(H,23,24,25). The van der Waals surface area contributed by atoms with Crippen molar-refractivity contribution in [3.05, 3.63) is 0 Å². The van der Waals surface area contributed by atoms with E-state index in [1.165, 1.54) is 0 Å². The molecular formula is C18H20F2O8S3. The van der Waals surface area contributed by atoms with Crippen LogP contribution in [0.2, 0.25) is 0 Å². The van der Waals surface area contributed by atoms with Crippen LogP contribution in [0, 0.1) is 23.7 Å². The topological polar surface area (TPSA) is 116 Å². The summed E-state index contributed by atoms with van der Waals surface area (Å²) < 4.78 is 74.5. The first-order valence-electron chi connectivity index (χ1n) is 10.2. The van der Waals surface area contributed by atoms with Crippen molar-refractivity contribution >= 4 is 45.6 Å². The molecule has 1 N–H and O–H groups in total. The second-order valence-corrected chi connectivity index (χ2v) is 14.1. The number of hydrogen-bond acceptors (Lipinski definition) is 9. The van der Waals surface area contributed by atoms with E-state index >= 15 is 0 Å². The molecule has 8 nitrogen and oxygen atoms in total. The Labute approximate surface area is 185 Å². The van der Waals surface area contributed by atoms with Crippen molar-refractivity contribution < 1.29 is 45.6 Å². The van der Waals surface area contributed by atoms with E-state index in [0.717, 1.165) is 12.8 Å². The fourth-order valence-electron chi connectivity index (χ4n) is 6.78. The molecule has 7 aliphatic rings. The number of carbonyl (C=O) groups excluding carboxylic acids is 2. The first-order chi connectivity index (χ1) is 14.4. The quantitative estimate of drug-likeness (QED) is 0.458. The van der Waals surface area contributed by atoms with Gasteiger partial charge in [0.05, 0.1) is 9.33 Å². The summed E-state index contributed by atoms with van der Waals surface area (Å²) in [6.45, 7) is 0.278. The number of cyclic esters (lactones) is 1. The molecule has 7 rings (SSSR count). The monoisotopic (exact) mass is 498 g/mol. The minimum Gasteiger partial charge on any atom is -0.463 e. The van der Waals surface area contributed by atoms with Gasteiger partial charge in [0.1, 0.15) is 29.7 Å². The van der Waals surface area contributed by atoms with Crippen LogP contribution < -0.4 is 0 Å². The minimum absolute atomic E-state index is 0.0232. The van der Waals surface area contributed by atoms with Crippen LogP contribution in [-0.2, 0) is 33.9 Å². The van der Waals surface area contributed by atoms with Crippen molar-refractivity contribution in [2.75, 3.05) is 6.61 Å². The number of halogens is 2. The molecule has 4 aliphatic carbocycles. The Bertz CT molecular complexity index is 955. The molecule has 31 heavy (non-hydrogen) atoms. The first kappa shape index (κ1) is 20.9. The van der Waals surface area contributed by atoms with E-state index in [-0.39, 0.29) is 57.1 Å². The summed E-state index contributed by atoms with van der Waals surface area (Å²) in [6, 6.07) is 0. The van der Waals surface area contributed by atoms with Gasteiger partial charge in [0.2, 0.25) is 0 Å². The Balaban J connectivity index is 1.25. The molecule has 4 bridgehead atoms. The molecule has 0 aromatic carbocycles. The van der Waals surface area contributed by atoms with Crippen LogP contribution in [0.4, 0.5) is 8.78 Å². The van der Waals surface area contributed by atoms with E-state index in [1.807, 2.05) is 0 Å². The molecule has 3 heterocycles. The zero-order chi connectivity index (χ0) is 22.0. The second kappa shape index (κ2) is 6.28. The largest absolute Gasteiger partial charge is 0.465 e. The Morgan fingerprint density at radius 2 is 1.87 bits per heavy atom. The highest BCUT2D eigenvalue weighted by Gasteiger charge is 2.71. The van der Waals surface area contributed by atoms with E-state index < -0.39 is 26.9 Å². The van der Waals surface area contributed by atoms with Gasteiger partial charge in [-0.2, -0.15) is 17.2 Å². The van der Waals surface area contributed by atoms with Crippen molar-refractivity contribution in [1.29, 1.82) is 0 Å². The summed E-state index contributed by atoms with van der Waals surface area (Å²) in [5.74, 6) is -2.42. The summed E-state index contributed by atoms with van der Waals surface area (Å²) >= 11 is 3.45. The molecule has 7 fully saturated rings. The third-order valence-corrected chi connectivity index (χ3v) is 12.8. The van der Waals surface area contributed by atoms with Crippen molar-refractivity contribution in [3.8, 4) is 0 Å². The predicted molar refractivity (Wildman–Crippen MR) is 104 cm³/mol. The lowest BCUT2D eigenvalue weighted by atomic mass is 9.53. The average Bonchev–Trinajstić information content (AvgIpc) is 3.28. The Morgan fingerprint density at radius 1 is 1.19 bits per heavy atom. The van der Waals surface area contributed by atoms with Crippen LogP contribution in [-0.4, -0.2) is 63.2 Å². The summed E-state index contributed by atoms with van der Waals surface area (Å²) in [7, 11) is -5.91. The maximum absolute atomic E-state index is 13.8. The number of alkyl halides is 2. The lowest BCUT2D eigenvalue weighted by Gasteiger charge is -2.63. The first-order valence-corrected chi connectivity index (χ1v) is 13.4. The number of esters is 2. The molecule has 0 amide bonds. The number of hydrogen-bond donors (Lipinski definition) is 1. The average molecular weight is 499 g/mol. The van der Waals surface area contributed by atoms with Gasteiger partial charge in [0.15, 0.2) is 0 Å². The van der Waals surface area contributed by atoms with Crippen LogP contribution in [0.3, 0.4) is 0 Å². The lowest BCUT2D eigenvalue weighted by molar-refractivity contribution is -0.202. The normalized spacial score (nSPS) is 49.9. The molecule has 0 radical (unpaired) electrons. The van der Waals surface area contributed by atoms with Gasteiger partial charge < -0.3 is 14.2 Å². The number of ether oxygens (including phenoxy) is 3. The summed E-state index contributed by atoms with van der Waals surface area (Å²) in [5.41, 5.74) is -1.28. The highest BCUT2D eigenvalue weighted by atomic mass is 32.2. The maximum Gasteiger partial charge on any atom is 0.465 e. The van der Waals surface area contributed by atoms with Gasteiger partial charge in [-0.3, -0.25) is 9.35 Å². The molecule has 3 saturated heterocycles. The number of carbonyl (C=O) groups is 2. The van der Waals surface area contributed by atoms with E-state index in [2.05, 4.69) is 0 Å². The number of rotatable bonds is 3. The molecule has 172 valence electrons. The van der Waals surface area contributed by atoms with Gasteiger partial charge in [-0.15, -0.1) is 23.5 Å². The van der Waals surface area contributed by atoms with Gasteiger partial charge in [-0.1, -0.05) is 0 Å². The summed E-state index contributed by atoms with van der Waals surface area (Å²) in [5, 5.41) is -5.02. The maximum atomic E-state index is 13.8. The van der Waals surface area contributed by atoms with Crippen LogP contribution in [0.1, 0.15) is 32.1 Å². The van der Waals surface area contributed by atoms with Gasteiger partial charge in [-0.25, -0.2) is 4.79 Å². The molecule has 1 spiro atoms. The third kappa shape index (κ3) is 2.75. The molecule has 0 aromatic rings. The molecular weight excluding hydrogens is 478 g/mol. The fraction of sp³-hybridized carbons (Fsp3) is 0.889. The van der Waals surface area contributed by atoms with Gasteiger partial charge in [-0.05, 0) is 49.9 Å². The third-order valence-electron chi connectivity index (χ3n) is 7.76. The zero-order valence-electron chi connectivity index (χ0n) is 16.1. The zero-order valence-corrected chi connectivity index (χ0v) is 18.5. The van der Waals surface area contributed by atoms with Crippen molar-refractivity contribution in [3.63, 3.8) is 0 Å². The van der Waals surface area contributed by atoms with Crippen LogP contribution >= 0.6 is 23.5 Å². The van der Waals surface area contributed by atoms with E-state index in [0.29, 0.717) is 19.3 Å². The Morgan fingerprint density at radius 3 is 2.52 bits per heavy atom. The Hall–Kier alpha value is -0.630. The van der Waals surface area contributed by atoms with Crippen molar-refractivity contribution in [2.24, 2.45) is 23.7 Å². The van der Waals surface area contributed by atoms with Crippen molar-refractivity contribution in [2.45, 2.75) is 63.8 Å². The van der Waals surface area contributed by atoms with Crippen LogP contribution in [0.15, 0.2) is 0 Å². The molecule has 6 atom stereocenters. The highest BCUT2D eigenvalue weighted by Crippen LogP contribution is 2.74. The highest BCUT2D eigenvalue weighted by molar-refractivity contribution is 8.22. The van der Waals surface area contributed by atoms with E-state index in [4.69, 9.17) is 18.8 Å². The van der Waals surface area contributed by atoms with Gasteiger partial charge in [0.25, 0.3) is 0 Å². The fourth-order valence-corrected chi connectivity index (χ4v) is 11.6. The molecule has 13 heteroatoms. The minimum atomic E-state index is -5.91. The molecule has 4 saturated carbocycles. The molecule has 3 aliphatic heterocycles. The summed E-state index contributed by atoms with van der Waals surface area (Å²) in [4.78, 5) is 24.2. The molecule has 0 aromatic heterocycles. The van der Waals surface area contributed by atoms with Crippen LogP contribution in [0.5, 0.6) is 0 Å². The Kier molecular flexibility index (Phi) is 4.24. The van der Waals surface area contributed by atoms with Gasteiger partial charge >= 0.3 is 27.3 Å². The van der Waals surface area contributed by atoms with Gasteiger partial charge in [0, 0.05) is 0 Å². The van der Waals surface area contributed by atoms with E-state index in [1.54, 1.807) is 23.5 Å². The number of fused-ring (bicyclic) bond motifs is 3. The SMILES string of the molecule is O=C1OCC2OC3SC4(SC3C12)C1CC2CC4CC(OC(=O)C(F)(F)S(=O)(=O)O)(C2)C1. The van der Waals surface area contributed by atoms with Crippen molar-refractivity contribution in [1.82, 2.24) is 0 Å². The second-order valence-electron chi connectivity index (χ2n) is 9.53. The summed E-state index contributed by atoms with van der Waals surface area (Å²) in [6.07, 6.45) is 2.63. The number of thioether (sulfide) groups is 2. The smallest absolute Gasteiger partial charge is 0.463 e. The predicted octanol–water partition coefficient (Wildman–Crippen LogP) is 2.03.